The Morgan fingerprint density at radius 1 is 1.29 bits per heavy atom. The maximum atomic E-state index is 8.90. The van der Waals surface area contributed by atoms with E-state index in [0.717, 1.165) is 36.1 Å². The predicted octanol–water partition coefficient (Wildman–Crippen LogP) is 4.46. The summed E-state index contributed by atoms with van der Waals surface area (Å²) in [4.78, 5) is 6.96. The van der Waals surface area contributed by atoms with Gasteiger partial charge in [-0.25, -0.2) is 4.98 Å². The Balaban J connectivity index is 1.58. The summed E-state index contributed by atoms with van der Waals surface area (Å²) in [6, 6.07) is 11.6. The molecule has 0 spiro atoms. The molecule has 0 amide bonds. The summed E-state index contributed by atoms with van der Waals surface area (Å²) in [7, 11) is 0. The van der Waals surface area contributed by atoms with Crippen molar-refractivity contribution < 1.29 is 0 Å². The van der Waals surface area contributed by atoms with Crippen LogP contribution >= 0.6 is 11.6 Å². The summed E-state index contributed by atoms with van der Waals surface area (Å²) >= 11 is 6.05. The fourth-order valence-corrected chi connectivity index (χ4v) is 3.09. The van der Waals surface area contributed by atoms with E-state index in [4.69, 9.17) is 16.9 Å². The molecule has 24 heavy (non-hydrogen) atoms. The fraction of sp³-hybridized carbons (Fsp3) is 0.368. The van der Waals surface area contributed by atoms with E-state index in [-0.39, 0.29) is 0 Å². The van der Waals surface area contributed by atoms with Crippen LogP contribution in [0.2, 0.25) is 5.02 Å². The molecule has 1 saturated heterocycles. The number of pyridine rings is 1. The van der Waals surface area contributed by atoms with Crippen LogP contribution < -0.4 is 10.2 Å². The average molecular weight is 341 g/mol. The number of hydrogen-bond acceptors (Lipinski definition) is 4. The highest BCUT2D eigenvalue weighted by Gasteiger charge is 2.16. The van der Waals surface area contributed by atoms with Gasteiger partial charge < -0.3 is 10.2 Å². The minimum atomic E-state index is 0.468. The van der Waals surface area contributed by atoms with Crippen molar-refractivity contribution in [3.63, 3.8) is 0 Å². The maximum absolute atomic E-state index is 8.90. The van der Waals surface area contributed by atoms with Crippen LogP contribution in [0.1, 0.15) is 30.9 Å². The third kappa shape index (κ3) is 3.98. The quantitative estimate of drug-likeness (QED) is 0.893. The zero-order chi connectivity index (χ0) is 16.9. The Kier molecular flexibility index (Phi) is 5.22. The molecular formula is C19H21ClN4. The van der Waals surface area contributed by atoms with Crippen molar-refractivity contribution in [3.8, 4) is 6.07 Å². The van der Waals surface area contributed by atoms with Crippen molar-refractivity contribution in [1.82, 2.24) is 4.98 Å². The van der Waals surface area contributed by atoms with Crippen LogP contribution in [-0.2, 0) is 6.54 Å². The lowest BCUT2D eigenvalue weighted by molar-refractivity contribution is 0.436. The molecule has 1 fully saturated rings. The van der Waals surface area contributed by atoms with E-state index >= 15 is 0 Å². The van der Waals surface area contributed by atoms with Gasteiger partial charge in [0.2, 0.25) is 0 Å². The third-order valence-electron chi connectivity index (χ3n) is 4.50. The van der Waals surface area contributed by atoms with Gasteiger partial charge in [-0.05, 0) is 48.6 Å². The third-order valence-corrected chi connectivity index (χ3v) is 4.82. The lowest BCUT2D eigenvalue weighted by atomic mass is 9.99. The molecule has 1 aromatic heterocycles. The standard InChI is InChI=1S/C19H21ClN4/c1-14-6-8-24(9-7-14)19-5-2-15(13-23-19)12-22-17-4-3-16(11-21)18(20)10-17/h2-5,10,13-14,22H,6-9,12H2,1H3. The number of nitrogens with one attached hydrogen (secondary N) is 1. The summed E-state index contributed by atoms with van der Waals surface area (Å²) in [5, 5.41) is 12.7. The summed E-state index contributed by atoms with van der Waals surface area (Å²) in [6.45, 7) is 5.17. The van der Waals surface area contributed by atoms with Crippen molar-refractivity contribution in [2.75, 3.05) is 23.3 Å². The number of benzene rings is 1. The van der Waals surface area contributed by atoms with Crippen LogP contribution in [0, 0.1) is 17.2 Å². The minimum Gasteiger partial charge on any atom is -0.381 e. The van der Waals surface area contributed by atoms with Gasteiger partial charge in [0.15, 0.2) is 0 Å². The van der Waals surface area contributed by atoms with Crippen LogP contribution in [-0.4, -0.2) is 18.1 Å². The molecule has 0 aliphatic carbocycles. The highest BCUT2D eigenvalue weighted by molar-refractivity contribution is 6.32. The van der Waals surface area contributed by atoms with Crippen molar-refractivity contribution in [3.05, 3.63) is 52.7 Å². The van der Waals surface area contributed by atoms with Crippen molar-refractivity contribution in [2.24, 2.45) is 5.92 Å². The van der Waals surface area contributed by atoms with Gasteiger partial charge in [-0.2, -0.15) is 5.26 Å². The summed E-state index contributed by atoms with van der Waals surface area (Å²) in [5.41, 5.74) is 2.50. The van der Waals surface area contributed by atoms with Gasteiger partial charge in [0, 0.05) is 31.5 Å². The van der Waals surface area contributed by atoms with Gasteiger partial charge in [-0.3, -0.25) is 0 Å². The summed E-state index contributed by atoms with van der Waals surface area (Å²) < 4.78 is 0. The van der Waals surface area contributed by atoms with Crippen molar-refractivity contribution >= 4 is 23.1 Å². The number of nitrogens with zero attached hydrogens (tertiary/aromatic N) is 3. The molecule has 0 saturated carbocycles. The van der Waals surface area contributed by atoms with Crippen molar-refractivity contribution in [2.45, 2.75) is 26.3 Å². The zero-order valence-corrected chi connectivity index (χ0v) is 14.6. The number of rotatable bonds is 4. The van der Waals surface area contributed by atoms with Gasteiger partial charge in [0.05, 0.1) is 10.6 Å². The molecular weight excluding hydrogens is 320 g/mol. The Morgan fingerprint density at radius 2 is 2.08 bits per heavy atom. The second-order valence-corrected chi connectivity index (χ2v) is 6.76. The van der Waals surface area contributed by atoms with E-state index in [1.165, 1.54) is 12.8 Å². The Morgan fingerprint density at radius 3 is 2.71 bits per heavy atom. The van der Waals surface area contributed by atoms with Gasteiger partial charge in [-0.1, -0.05) is 24.6 Å². The molecule has 0 bridgehead atoms. The monoisotopic (exact) mass is 340 g/mol. The van der Waals surface area contributed by atoms with Gasteiger partial charge in [0.25, 0.3) is 0 Å². The average Bonchev–Trinajstić information content (AvgIpc) is 2.61. The molecule has 5 heteroatoms. The first-order valence-corrected chi connectivity index (χ1v) is 8.67. The van der Waals surface area contributed by atoms with E-state index in [2.05, 4.69) is 40.3 Å². The molecule has 1 aliphatic heterocycles. The van der Waals surface area contributed by atoms with E-state index < -0.39 is 0 Å². The van der Waals surface area contributed by atoms with Crippen molar-refractivity contribution in [1.29, 1.82) is 5.26 Å². The Labute approximate surface area is 148 Å². The van der Waals surface area contributed by atoms with Crippen LogP contribution in [0.15, 0.2) is 36.5 Å². The van der Waals surface area contributed by atoms with E-state index in [0.29, 0.717) is 17.1 Å². The number of anilines is 2. The first-order valence-electron chi connectivity index (χ1n) is 8.29. The lowest BCUT2D eigenvalue weighted by Gasteiger charge is -2.31. The molecule has 2 heterocycles. The molecule has 3 rings (SSSR count). The number of piperidine rings is 1. The smallest absolute Gasteiger partial charge is 0.128 e. The molecule has 0 radical (unpaired) electrons. The predicted molar refractivity (Wildman–Crippen MR) is 98.3 cm³/mol. The molecule has 1 aliphatic rings. The van der Waals surface area contributed by atoms with Gasteiger partial charge in [0.1, 0.15) is 11.9 Å². The highest BCUT2D eigenvalue weighted by atomic mass is 35.5. The molecule has 1 N–H and O–H groups in total. The molecule has 4 nitrogen and oxygen atoms in total. The molecule has 0 atom stereocenters. The maximum Gasteiger partial charge on any atom is 0.128 e. The van der Waals surface area contributed by atoms with Gasteiger partial charge in [-0.15, -0.1) is 0 Å². The minimum absolute atomic E-state index is 0.468. The first-order chi connectivity index (χ1) is 11.7. The highest BCUT2D eigenvalue weighted by Crippen LogP contribution is 2.22. The summed E-state index contributed by atoms with van der Waals surface area (Å²) in [5.74, 6) is 1.89. The largest absolute Gasteiger partial charge is 0.381 e. The van der Waals surface area contributed by atoms with Gasteiger partial charge >= 0.3 is 0 Å². The Hall–Kier alpha value is -2.25. The first kappa shape index (κ1) is 16.6. The number of hydrogen-bond donors (Lipinski definition) is 1. The summed E-state index contributed by atoms with van der Waals surface area (Å²) in [6.07, 6.45) is 4.40. The fourth-order valence-electron chi connectivity index (χ4n) is 2.87. The van der Waals surface area contributed by atoms with Crippen LogP contribution in [0.25, 0.3) is 0 Å². The number of aromatic nitrogens is 1. The zero-order valence-electron chi connectivity index (χ0n) is 13.8. The molecule has 2 aromatic rings. The van der Waals surface area contributed by atoms with Crippen LogP contribution in [0.3, 0.4) is 0 Å². The molecule has 1 aromatic carbocycles. The second kappa shape index (κ2) is 7.55. The molecule has 124 valence electrons. The Bertz CT molecular complexity index is 728. The van der Waals surface area contributed by atoms with E-state index in [1.54, 1.807) is 12.1 Å². The topological polar surface area (TPSA) is 52.0 Å². The molecule has 0 unspecified atom stereocenters. The van der Waals surface area contributed by atoms with Crippen LogP contribution in [0.5, 0.6) is 0 Å². The van der Waals surface area contributed by atoms with Crippen LogP contribution in [0.4, 0.5) is 11.5 Å². The van der Waals surface area contributed by atoms with E-state index in [9.17, 15) is 0 Å². The number of halogens is 1. The second-order valence-electron chi connectivity index (χ2n) is 6.35. The number of nitriles is 1. The SMILES string of the molecule is CC1CCN(c2ccc(CNc3ccc(C#N)c(Cl)c3)cn2)CC1. The normalized spacial score (nSPS) is 15.1. The van der Waals surface area contributed by atoms with E-state index in [1.807, 2.05) is 12.3 Å². The lowest BCUT2D eigenvalue weighted by Crippen LogP contribution is -2.33.